The van der Waals surface area contributed by atoms with Gasteiger partial charge in [-0.05, 0) is 30.2 Å². The van der Waals surface area contributed by atoms with Gasteiger partial charge in [-0.2, -0.15) is 0 Å². The first-order valence-electron chi connectivity index (χ1n) is 9.52. The first-order valence-corrected chi connectivity index (χ1v) is 10.4. The van der Waals surface area contributed by atoms with Crippen LogP contribution in [0, 0.1) is 5.82 Å². The SMILES string of the molecule is CN=C(NCCc1nc(C(C)(C)C)cs1)NCCc1c[nH]c2ccc(F)cc12.I. The van der Waals surface area contributed by atoms with E-state index in [0.717, 1.165) is 52.5 Å². The zero-order chi connectivity index (χ0) is 20.1. The second-order valence-electron chi connectivity index (χ2n) is 7.81. The lowest BCUT2D eigenvalue weighted by Crippen LogP contribution is -2.39. The number of nitrogens with one attached hydrogen (secondary N) is 3. The first-order chi connectivity index (χ1) is 13.4. The molecule has 0 aliphatic rings. The molecule has 0 bridgehead atoms. The van der Waals surface area contributed by atoms with Crippen LogP contribution in [0.4, 0.5) is 4.39 Å². The van der Waals surface area contributed by atoms with Crippen molar-refractivity contribution in [1.29, 1.82) is 0 Å². The Balaban J connectivity index is 0.00000300. The molecule has 158 valence electrons. The van der Waals surface area contributed by atoms with E-state index in [1.54, 1.807) is 30.5 Å². The van der Waals surface area contributed by atoms with Crippen molar-refractivity contribution in [3.8, 4) is 0 Å². The summed E-state index contributed by atoms with van der Waals surface area (Å²) in [6, 6.07) is 4.82. The number of hydrogen-bond donors (Lipinski definition) is 3. The monoisotopic (exact) mass is 529 g/mol. The van der Waals surface area contributed by atoms with Crippen molar-refractivity contribution in [2.75, 3.05) is 20.1 Å². The molecule has 0 aliphatic heterocycles. The summed E-state index contributed by atoms with van der Waals surface area (Å²) in [5.41, 5.74) is 3.28. The zero-order valence-electron chi connectivity index (χ0n) is 17.3. The Kier molecular flexibility index (Phi) is 8.45. The van der Waals surface area contributed by atoms with Crippen LogP contribution in [-0.2, 0) is 18.3 Å². The lowest BCUT2D eigenvalue weighted by Gasteiger charge is -2.14. The Morgan fingerprint density at radius 2 is 1.93 bits per heavy atom. The van der Waals surface area contributed by atoms with E-state index in [1.165, 1.54) is 6.07 Å². The van der Waals surface area contributed by atoms with Crippen molar-refractivity contribution in [3.63, 3.8) is 0 Å². The van der Waals surface area contributed by atoms with Crippen LogP contribution in [0.3, 0.4) is 0 Å². The number of thiazole rings is 1. The molecule has 0 fully saturated rings. The molecule has 0 spiro atoms. The summed E-state index contributed by atoms with van der Waals surface area (Å²) in [6.45, 7) is 8.03. The third-order valence-corrected chi connectivity index (χ3v) is 5.50. The van der Waals surface area contributed by atoms with E-state index < -0.39 is 0 Å². The fraction of sp³-hybridized carbons (Fsp3) is 0.429. The van der Waals surface area contributed by atoms with Gasteiger partial charge in [0, 0.05) is 54.5 Å². The molecule has 3 aromatic rings. The van der Waals surface area contributed by atoms with Crippen LogP contribution >= 0.6 is 35.3 Å². The Morgan fingerprint density at radius 3 is 2.59 bits per heavy atom. The van der Waals surface area contributed by atoms with Crippen molar-refractivity contribution in [1.82, 2.24) is 20.6 Å². The summed E-state index contributed by atoms with van der Waals surface area (Å²) in [6.07, 6.45) is 3.59. The van der Waals surface area contributed by atoms with E-state index in [9.17, 15) is 4.39 Å². The minimum atomic E-state index is -0.212. The number of aromatic amines is 1. The molecule has 2 aromatic heterocycles. The highest BCUT2D eigenvalue weighted by Gasteiger charge is 2.17. The average Bonchev–Trinajstić information content (AvgIpc) is 3.27. The van der Waals surface area contributed by atoms with Gasteiger partial charge < -0.3 is 15.6 Å². The highest BCUT2D eigenvalue weighted by molar-refractivity contribution is 14.0. The van der Waals surface area contributed by atoms with E-state index in [1.807, 2.05) is 6.20 Å². The summed E-state index contributed by atoms with van der Waals surface area (Å²) >= 11 is 1.71. The molecule has 3 rings (SSSR count). The largest absolute Gasteiger partial charge is 0.361 e. The Hall–Kier alpha value is -1.68. The normalized spacial score (nSPS) is 12.1. The maximum atomic E-state index is 13.5. The van der Waals surface area contributed by atoms with E-state index in [2.05, 4.69) is 46.8 Å². The third kappa shape index (κ3) is 6.40. The molecular weight excluding hydrogens is 500 g/mol. The molecular formula is C21H29FIN5S. The summed E-state index contributed by atoms with van der Waals surface area (Å²) in [5, 5.41) is 10.9. The van der Waals surface area contributed by atoms with Crippen LogP contribution in [0.1, 0.15) is 37.0 Å². The van der Waals surface area contributed by atoms with Gasteiger partial charge in [0.2, 0.25) is 0 Å². The van der Waals surface area contributed by atoms with Crippen LogP contribution < -0.4 is 10.6 Å². The van der Waals surface area contributed by atoms with Crippen molar-refractivity contribution < 1.29 is 4.39 Å². The summed E-state index contributed by atoms with van der Waals surface area (Å²) in [4.78, 5) is 12.2. The number of halogens is 2. The molecule has 1 aromatic carbocycles. The minimum absolute atomic E-state index is 0. The number of rotatable bonds is 6. The smallest absolute Gasteiger partial charge is 0.191 e. The quantitative estimate of drug-likeness (QED) is 0.248. The Bertz CT molecular complexity index is 958. The minimum Gasteiger partial charge on any atom is -0.361 e. The third-order valence-electron chi connectivity index (χ3n) is 4.59. The molecule has 3 N–H and O–H groups in total. The van der Waals surface area contributed by atoms with E-state index in [-0.39, 0.29) is 35.2 Å². The van der Waals surface area contributed by atoms with Gasteiger partial charge in [0.1, 0.15) is 5.82 Å². The van der Waals surface area contributed by atoms with Gasteiger partial charge in [-0.1, -0.05) is 20.8 Å². The molecule has 0 unspecified atom stereocenters. The summed E-state index contributed by atoms with van der Waals surface area (Å²) < 4.78 is 13.5. The summed E-state index contributed by atoms with van der Waals surface area (Å²) in [7, 11) is 1.76. The van der Waals surface area contributed by atoms with Crippen LogP contribution in [0.25, 0.3) is 10.9 Å². The molecule has 0 amide bonds. The van der Waals surface area contributed by atoms with E-state index in [0.29, 0.717) is 6.54 Å². The highest BCUT2D eigenvalue weighted by atomic mass is 127. The molecule has 0 atom stereocenters. The maximum Gasteiger partial charge on any atom is 0.191 e. The van der Waals surface area contributed by atoms with Gasteiger partial charge in [-0.3, -0.25) is 4.99 Å². The molecule has 0 saturated carbocycles. The topological polar surface area (TPSA) is 65.1 Å². The van der Waals surface area contributed by atoms with E-state index >= 15 is 0 Å². The summed E-state index contributed by atoms with van der Waals surface area (Å²) in [5.74, 6) is 0.550. The van der Waals surface area contributed by atoms with Crippen molar-refractivity contribution in [2.45, 2.75) is 39.0 Å². The Morgan fingerprint density at radius 1 is 1.21 bits per heavy atom. The Labute approximate surface area is 192 Å². The van der Waals surface area contributed by atoms with Crippen LogP contribution in [0.2, 0.25) is 0 Å². The number of benzene rings is 1. The van der Waals surface area contributed by atoms with Gasteiger partial charge in [0.05, 0.1) is 10.7 Å². The fourth-order valence-electron chi connectivity index (χ4n) is 2.95. The average molecular weight is 529 g/mol. The van der Waals surface area contributed by atoms with Gasteiger partial charge in [0.25, 0.3) is 0 Å². The van der Waals surface area contributed by atoms with Crippen LogP contribution in [-0.4, -0.2) is 36.1 Å². The molecule has 0 aliphatic carbocycles. The maximum absolute atomic E-state index is 13.5. The van der Waals surface area contributed by atoms with Crippen LogP contribution in [0.15, 0.2) is 34.8 Å². The van der Waals surface area contributed by atoms with Gasteiger partial charge >= 0.3 is 0 Å². The lowest BCUT2D eigenvalue weighted by atomic mass is 9.93. The molecule has 29 heavy (non-hydrogen) atoms. The lowest BCUT2D eigenvalue weighted by molar-refractivity contribution is 0.570. The fourth-order valence-corrected chi connectivity index (χ4v) is 3.98. The number of aliphatic imine (C=N–C) groups is 1. The first kappa shape index (κ1) is 23.6. The number of aromatic nitrogens is 2. The second kappa shape index (κ2) is 10.4. The standard InChI is InChI=1S/C21H28FN5S.HI/c1-21(2,3)18-13-28-19(27-18)8-10-25-20(23-4)24-9-7-14-12-26-17-6-5-15(22)11-16(14)17;/h5-6,11-13,26H,7-10H2,1-4H3,(H2,23,24,25);1H. The predicted octanol–water partition coefficient (Wildman–Crippen LogP) is 4.63. The predicted molar refractivity (Wildman–Crippen MR) is 131 cm³/mol. The van der Waals surface area contributed by atoms with Gasteiger partial charge in [-0.15, -0.1) is 35.3 Å². The van der Waals surface area contributed by atoms with Gasteiger partial charge in [0.15, 0.2) is 5.96 Å². The zero-order valence-corrected chi connectivity index (χ0v) is 20.5. The van der Waals surface area contributed by atoms with Crippen molar-refractivity contribution in [2.24, 2.45) is 4.99 Å². The number of nitrogens with zero attached hydrogens (tertiary/aromatic N) is 2. The molecule has 2 heterocycles. The highest BCUT2D eigenvalue weighted by Crippen LogP contribution is 2.24. The number of hydrogen-bond acceptors (Lipinski definition) is 3. The second-order valence-corrected chi connectivity index (χ2v) is 8.75. The number of H-pyrrole nitrogens is 1. The molecule has 5 nitrogen and oxygen atoms in total. The van der Waals surface area contributed by atoms with E-state index in [4.69, 9.17) is 4.98 Å². The van der Waals surface area contributed by atoms with Gasteiger partial charge in [-0.25, -0.2) is 9.37 Å². The number of fused-ring (bicyclic) bond motifs is 1. The molecule has 0 radical (unpaired) electrons. The van der Waals surface area contributed by atoms with Crippen molar-refractivity contribution >= 4 is 52.2 Å². The number of guanidine groups is 1. The molecule has 8 heteroatoms. The van der Waals surface area contributed by atoms with Crippen LogP contribution in [0.5, 0.6) is 0 Å². The van der Waals surface area contributed by atoms with Crippen molar-refractivity contribution in [3.05, 3.63) is 51.9 Å². The molecule has 0 saturated heterocycles.